The van der Waals surface area contributed by atoms with E-state index in [-0.39, 0.29) is 6.04 Å². The molecule has 1 N–H and O–H groups in total. The summed E-state index contributed by atoms with van der Waals surface area (Å²) < 4.78 is 3.41. The summed E-state index contributed by atoms with van der Waals surface area (Å²) in [4.78, 5) is 1.31. The minimum atomic E-state index is 0.220. The van der Waals surface area contributed by atoms with E-state index in [9.17, 15) is 0 Å². The second-order valence-corrected chi connectivity index (χ2v) is 8.79. The maximum Gasteiger partial charge on any atom is 0.0843 e. The van der Waals surface area contributed by atoms with Crippen LogP contribution < -0.4 is 5.32 Å². The number of hydrogen-bond acceptors (Lipinski definition) is 2. The Hall–Kier alpha value is 0.320. The Bertz CT molecular complexity index is 575. The summed E-state index contributed by atoms with van der Waals surface area (Å²) in [5.41, 5.74) is 2.55. The topological polar surface area (TPSA) is 12.0 Å². The molecule has 0 bridgehead atoms. The third-order valence-electron chi connectivity index (χ3n) is 3.01. The van der Waals surface area contributed by atoms with Gasteiger partial charge in [-0.1, -0.05) is 35.0 Å². The van der Waals surface area contributed by atoms with Crippen molar-refractivity contribution in [1.82, 2.24) is 5.32 Å². The predicted molar refractivity (Wildman–Crippen MR) is 98.7 cm³/mol. The predicted octanol–water partition coefficient (Wildman–Crippen LogP) is 6.43. The summed E-state index contributed by atoms with van der Waals surface area (Å²) in [6, 6.07) is 8.95. The molecule has 1 nitrogen and oxygen atoms in total. The zero-order valence-electron chi connectivity index (χ0n) is 11.3. The average Bonchev–Trinajstić information content (AvgIpc) is 2.72. The highest BCUT2D eigenvalue weighted by Gasteiger charge is 2.19. The first-order valence-electron chi connectivity index (χ1n) is 6.47. The number of aryl methyl sites for hydroxylation is 1. The van der Waals surface area contributed by atoms with E-state index in [0.29, 0.717) is 0 Å². The van der Waals surface area contributed by atoms with Gasteiger partial charge in [-0.05, 0) is 75.0 Å². The van der Waals surface area contributed by atoms with Crippen LogP contribution in [-0.2, 0) is 0 Å². The number of hydrogen-bond donors (Lipinski definition) is 1. The Morgan fingerprint density at radius 2 is 1.90 bits per heavy atom. The summed E-state index contributed by atoms with van der Waals surface area (Å²) in [7, 11) is 0. The molecular formula is C15H16Br3NS. The molecule has 1 aromatic heterocycles. The summed E-state index contributed by atoms with van der Waals surface area (Å²) in [5.74, 6) is 0. The Morgan fingerprint density at radius 3 is 2.45 bits per heavy atom. The van der Waals surface area contributed by atoms with Crippen LogP contribution in [-0.4, -0.2) is 6.54 Å². The monoisotopic (exact) mass is 479 g/mol. The van der Waals surface area contributed by atoms with Crippen molar-refractivity contribution < 1.29 is 0 Å². The molecule has 20 heavy (non-hydrogen) atoms. The van der Waals surface area contributed by atoms with Crippen molar-refractivity contribution in [3.63, 3.8) is 0 Å². The molecule has 108 valence electrons. The van der Waals surface area contributed by atoms with Crippen molar-refractivity contribution in [3.05, 3.63) is 53.0 Å². The second-order valence-electron chi connectivity index (χ2n) is 4.68. The van der Waals surface area contributed by atoms with E-state index in [4.69, 9.17) is 0 Å². The van der Waals surface area contributed by atoms with Crippen molar-refractivity contribution in [2.45, 2.75) is 26.3 Å². The number of benzene rings is 1. The van der Waals surface area contributed by atoms with Crippen LogP contribution in [0.15, 0.2) is 37.0 Å². The summed E-state index contributed by atoms with van der Waals surface area (Å²) in [6.45, 7) is 5.30. The van der Waals surface area contributed by atoms with Crippen LogP contribution in [0.1, 0.15) is 35.4 Å². The van der Waals surface area contributed by atoms with Crippen molar-refractivity contribution in [1.29, 1.82) is 0 Å². The molecule has 1 unspecified atom stereocenters. The number of halogens is 3. The molecule has 2 rings (SSSR count). The Balaban J connectivity index is 2.41. The summed E-state index contributed by atoms with van der Waals surface area (Å²) in [6.07, 6.45) is 1.12. The minimum absolute atomic E-state index is 0.220. The standard InChI is InChI=1S/C15H16Br3NS/c1-3-6-19-14(13-8-12(17)15(18)20-13)10-5-4-9(2)7-11(10)16/h4-5,7-8,14,19H,3,6H2,1-2H3. The average molecular weight is 482 g/mol. The first-order valence-corrected chi connectivity index (χ1v) is 9.66. The van der Waals surface area contributed by atoms with Gasteiger partial charge < -0.3 is 5.32 Å². The molecule has 0 radical (unpaired) electrons. The van der Waals surface area contributed by atoms with E-state index >= 15 is 0 Å². The van der Waals surface area contributed by atoms with Crippen LogP contribution in [0.2, 0.25) is 0 Å². The van der Waals surface area contributed by atoms with Gasteiger partial charge in [0.1, 0.15) is 0 Å². The fraction of sp³-hybridized carbons (Fsp3) is 0.333. The molecule has 0 saturated carbocycles. The zero-order chi connectivity index (χ0) is 14.7. The first-order chi connectivity index (χ1) is 9.52. The van der Waals surface area contributed by atoms with Crippen LogP contribution in [0.3, 0.4) is 0 Å². The Kier molecular flexibility index (Phi) is 6.29. The minimum Gasteiger partial charge on any atom is -0.306 e. The molecular weight excluding hydrogens is 466 g/mol. The van der Waals surface area contributed by atoms with Gasteiger partial charge in [-0.3, -0.25) is 0 Å². The highest BCUT2D eigenvalue weighted by molar-refractivity contribution is 9.13. The first kappa shape index (κ1) is 16.7. The molecule has 0 spiro atoms. The Morgan fingerprint density at radius 1 is 1.15 bits per heavy atom. The third-order valence-corrected chi connectivity index (χ3v) is 7.02. The van der Waals surface area contributed by atoms with Crippen molar-refractivity contribution in [3.8, 4) is 0 Å². The fourth-order valence-electron chi connectivity index (χ4n) is 2.02. The van der Waals surface area contributed by atoms with Gasteiger partial charge in [-0.25, -0.2) is 0 Å². The van der Waals surface area contributed by atoms with Crippen LogP contribution in [0.4, 0.5) is 0 Å². The van der Waals surface area contributed by atoms with Gasteiger partial charge in [0.2, 0.25) is 0 Å². The molecule has 2 aromatic rings. The SMILES string of the molecule is CCCNC(c1cc(Br)c(Br)s1)c1ccc(C)cc1Br. The van der Waals surface area contributed by atoms with E-state index < -0.39 is 0 Å². The smallest absolute Gasteiger partial charge is 0.0843 e. The quantitative estimate of drug-likeness (QED) is 0.518. The van der Waals surface area contributed by atoms with Gasteiger partial charge >= 0.3 is 0 Å². The molecule has 0 saturated heterocycles. The third kappa shape index (κ3) is 3.95. The molecule has 1 heterocycles. The fourth-order valence-corrected chi connectivity index (χ4v) is 4.93. The van der Waals surface area contributed by atoms with E-state index in [0.717, 1.165) is 25.7 Å². The van der Waals surface area contributed by atoms with Gasteiger partial charge in [0.05, 0.1) is 9.83 Å². The molecule has 0 aliphatic carbocycles. The summed E-state index contributed by atoms with van der Waals surface area (Å²) in [5, 5.41) is 3.64. The van der Waals surface area contributed by atoms with Gasteiger partial charge in [-0.15, -0.1) is 11.3 Å². The lowest BCUT2D eigenvalue weighted by atomic mass is 10.0. The Labute approximate surface area is 149 Å². The normalized spacial score (nSPS) is 12.7. The highest BCUT2D eigenvalue weighted by atomic mass is 79.9. The molecule has 1 aromatic carbocycles. The van der Waals surface area contributed by atoms with E-state index in [1.54, 1.807) is 11.3 Å². The van der Waals surface area contributed by atoms with Gasteiger partial charge in [0.25, 0.3) is 0 Å². The maximum atomic E-state index is 3.70. The molecule has 0 amide bonds. The molecule has 5 heteroatoms. The van der Waals surface area contributed by atoms with Gasteiger partial charge in [0, 0.05) is 13.8 Å². The number of nitrogens with one attached hydrogen (secondary N) is 1. The van der Waals surface area contributed by atoms with Crippen molar-refractivity contribution >= 4 is 59.1 Å². The van der Waals surface area contributed by atoms with Crippen molar-refractivity contribution in [2.75, 3.05) is 6.54 Å². The van der Waals surface area contributed by atoms with Crippen LogP contribution in [0, 0.1) is 6.92 Å². The maximum absolute atomic E-state index is 3.70. The number of rotatable bonds is 5. The number of thiophene rings is 1. The highest BCUT2D eigenvalue weighted by Crippen LogP contribution is 2.39. The largest absolute Gasteiger partial charge is 0.306 e. The lowest BCUT2D eigenvalue weighted by Gasteiger charge is -2.19. The molecule has 0 aliphatic rings. The van der Waals surface area contributed by atoms with Gasteiger partial charge in [-0.2, -0.15) is 0 Å². The summed E-state index contributed by atoms with van der Waals surface area (Å²) >= 11 is 12.6. The van der Waals surface area contributed by atoms with Crippen molar-refractivity contribution in [2.24, 2.45) is 0 Å². The lowest BCUT2D eigenvalue weighted by Crippen LogP contribution is -2.22. The second kappa shape index (κ2) is 7.54. The van der Waals surface area contributed by atoms with Crippen LogP contribution in [0.5, 0.6) is 0 Å². The van der Waals surface area contributed by atoms with Crippen LogP contribution in [0.25, 0.3) is 0 Å². The molecule has 0 aliphatic heterocycles. The van der Waals surface area contributed by atoms with E-state index in [2.05, 4.69) is 91.2 Å². The molecule has 1 atom stereocenters. The van der Waals surface area contributed by atoms with E-state index in [1.807, 2.05) is 0 Å². The van der Waals surface area contributed by atoms with Crippen LogP contribution >= 0.6 is 59.1 Å². The lowest BCUT2D eigenvalue weighted by molar-refractivity contribution is 0.604. The zero-order valence-corrected chi connectivity index (χ0v) is 16.9. The van der Waals surface area contributed by atoms with Gasteiger partial charge in [0.15, 0.2) is 0 Å². The van der Waals surface area contributed by atoms with E-state index in [1.165, 1.54) is 16.0 Å². The molecule has 0 fully saturated rings.